The Morgan fingerprint density at radius 1 is 1.21 bits per heavy atom. The third kappa shape index (κ3) is 3.97. The van der Waals surface area contributed by atoms with Gasteiger partial charge in [0.15, 0.2) is 0 Å². The van der Waals surface area contributed by atoms with Crippen molar-refractivity contribution in [3.8, 4) is 5.75 Å². The first-order chi connectivity index (χ1) is 11.7. The highest BCUT2D eigenvalue weighted by Crippen LogP contribution is 2.28. The maximum Gasteiger partial charge on any atom is 0.270 e. The van der Waals surface area contributed by atoms with E-state index in [1.807, 2.05) is 12.1 Å². The van der Waals surface area contributed by atoms with E-state index in [1.54, 1.807) is 31.5 Å². The maximum absolute atomic E-state index is 12.2. The standard InChI is InChI=1S/C18H20ClN3O2/c1-24-17-9-7-13(10-15(17)19)21-14-6-8-16(20-11-14)18(23)22-12-4-2-3-5-12/h6-12,21H,2-5H2,1H3,(H,22,23). The van der Waals surface area contributed by atoms with E-state index < -0.39 is 0 Å². The van der Waals surface area contributed by atoms with Crippen molar-refractivity contribution < 1.29 is 9.53 Å². The van der Waals surface area contributed by atoms with E-state index in [-0.39, 0.29) is 5.91 Å². The zero-order valence-electron chi connectivity index (χ0n) is 13.5. The minimum Gasteiger partial charge on any atom is -0.495 e. The lowest BCUT2D eigenvalue weighted by molar-refractivity contribution is 0.0933. The van der Waals surface area contributed by atoms with Crippen molar-refractivity contribution in [3.63, 3.8) is 0 Å². The van der Waals surface area contributed by atoms with Crippen LogP contribution in [0.15, 0.2) is 36.5 Å². The molecule has 1 amide bonds. The van der Waals surface area contributed by atoms with Gasteiger partial charge in [-0.2, -0.15) is 0 Å². The number of amides is 1. The minimum atomic E-state index is -0.110. The van der Waals surface area contributed by atoms with Crippen LogP contribution in [0.5, 0.6) is 5.75 Å². The first-order valence-electron chi connectivity index (χ1n) is 8.03. The van der Waals surface area contributed by atoms with E-state index in [2.05, 4.69) is 15.6 Å². The fourth-order valence-corrected chi connectivity index (χ4v) is 3.10. The molecule has 1 aliphatic rings. The van der Waals surface area contributed by atoms with E-state index in [9.17, 15) is 4.79 Å². The number of carbonyl (C=O) groups excluding carboxylic acids is 1. The number of ether oxygens (including phenoxy) is 1. The number of carbonyl (C=O) groups is 1. The Kier molecular flexibility index (Phi) is 5.20. The van der Waals surface area contributed by atoms with Gasteiger partial charge in [0.05, 0.1) is 24.0 Å². The highest BCUT2D eigenvalue weighted by atomic mass is 35.5. The Morgan fingerprint density at radius 3 is 2.58 bits per heavy atom. The molecule has 1 aromatic carbocycles. The Labute approximate surface area is 146 Å². The molecule has 0 aliphatic heterocycles. The molecule has 0 spiro atoms. The van der Waals surface area contributed by atoms with Gasteiger partial charge in [0.25, 0.3) is 5.91 Å². The number of pyridine rings is 1. The van der Waals surface area contributed by atoms with Gasteiger partial charge < -0.3 is 15.4 Å². The fraction of sp³-hybridized carbons (Fsp3) is 0.333. The predicted octanol–water partition coefficient (Wildman–Crippen LogP) is 4.16. The molecule has 2 N–H and O–H groups in total. The molecule has 24 heavy (non-hydrogen) atoms. The summed E-state index contributed by atoms with van der Waals surface area (Å²) >= 11 is 6.11. The molecule has 3 rings (SSSR count). The molecule has 1 saturated carbocycles. The molecule has 1 aliphatic carbocycles. The van der Waals surface area contributed by atoms with E-state index in [0.29, 0.717) is 22.5 Å². The van der Waals surface area contributed by atoms with Crippen LogP contribution in [0.2, 0.25) is 5.02 Å². The zero-order chi connectivity index (χ0) is 16.9. The Bertz CT molecular complexity index is 713. The molecule has 5 nitrogen and oxygen atoms in total. The highest BCUT2D eigenvalue weighted by Gasteiger charge is 2.18. The van der Waals surface area contributed by atoms with Gasteiger partial charge in [0.1, 0.15) is 11.4 Å². The summed E-state index contributed by atoms with van der Waals surface area (Å²) in [6.07, 6.45) is 6.13. The minimum absolute atomic E-state index is 0.110. The average molecular weight is 346 g/mol. The first-order valence-corrected chi connectivity index (χ1v) is 8.41. The van der Waals surface area contributed by atoms with Crippen LogP contribution in [0.1, 0.15) is 36.2 Å². The van der Waals surface area contributed by atoms with Gasteiger partial charge in [-0.05, 0) is 43.2 Å². The molecule has 0 atom stereocenters. The molecule has 126 valence electrons. The number of anilines is 2. The van der Waals surface area contributed by atoms with Crippen LogP contribution < -0.4 is 15.4 Å². The van der Waals surface area contributed by atoms with Crippen molar-refractivity contribution in [2.24, 2.45) is 0 Å². The molecule has 6 heteroatoms. The Morgan fingerprint density at radius 2 is 1.96 bits per heavy atom. The van der Waals surface area contributed by atoms with Gasteiger partial charge in [-0.15, -0.1) is 0 Å². The van der Waals surface area contributed by atoms with Crippen LogP contribution in [0.3, 0.4) is 0 Å². The van der Waals surface area contributed by atoms with Crippen molar-refractivity contribution in [2.45, 2.75) is 31.7 Å². The first kappa shape index (κ1) is 16.6. The van der Waals surface area contributed by atoms with Crippen molar-refractivity contribution in [1.82, 2.24) is 10.3 Å². The van der Waals surface area contributed by atoms with Gasteiger partial charge in [-0.1, -0.05) is 24.4 Å². The zero-order valence-corrected chi connectivity index (χ0v) is 14.3. The number of hydrogen-bond donors (Lipinski definition) is 2. The van der Waals surface area contributed by atoms with Crippen LogP contribution in [-0.2, 0) is 0 Å². The van der Waals surface area contributed by atoms with Gasteiger partial charge in [0, 0.05) is 11.7 Å². The van der Waals surface area contributed by atoms with E-state index in [0.717, 1.165) is 24.2 Å². The highest BCUT2D eigenvalue weighted by molar-refractivity contribution is 6.32. The Hall–Kier alpha value is -2.27. The van der Waals surface area contributed by atoms with E-state index >= 15 is 0 Å². The summed E-state index contributed by atoms with van der Waals surface area (Å²) in [5.41, 5.74) is 2.04. The lowest BCUT2D eigenvalue weighted by Gasteiger charge is -2.12. The van der Waals surface area contributed by atoms with Gasteiger partial charge in [-0.25, -0.2) is 4.98 Å². The van der Waals surface area contributed by atoms with Crippen LogP contribution in [0.25, 0.3) is 0 Å². The monoisotopic (exact) mass is 345 g/mol. The second kappa shape index (κ2) is 7.53. The molecule has 1 aromatic heterocycles. The third-order valence-corrected chi connectivity index (χ3v) is 4.42. The molecular weight excluding hydrogens is 326 g/mol. The number of hydrogen-bond acceptors (Lipinski definition) is 4. The van der Waals surface area contributed by atoms with E-state index in [1.165, 1.54) is 12.8 Å². The van der Waals surface area contributed by atoms with Crippen molar-refractivity contribution in [3.05, 3.63) is 47.2 Å². The van der Waals surface area contributed by atoms with Crippen LogP contribution in [0, 0.1) is 0 Å². The molecule has 2 aromatic rings. The topological polar surface area (TPSA) is 63.2 Å². The number of nitrogens with zero attached hydrogens (tertiary/aromatic N) is 1. The summed E-state index contributed by atoms with van der Waals surface area (Å²) in [5, 5.41) is 6.76. The molecule has 1 heterocycles. The van der Waals surface area contributed by atoms with Crippen LogP contribution in [-0.4, -0.2) is 24.0 Å². The number of rotatable bonds is 5. The lowest BCUT2D eigenvalue weighted by Crippen LogP contribution is -2.33. The number of aromatic nitrogens is 1. The summed E-state index contributed by atoms with van der Waals surface area (Å²) in [7, 11) is 1.58. The number of benzene rings is 1. The van der Waals surface area contributed by atoms with E-state index in [4.69, 9.17) is 16.3 Å². The van der Waals surface area contributed by atoms with Crippen molar-refractivity contribution >= 4 is 28.9 Å². The maximum atomic E-state index is 12.2. The second-order valence-corrected chi connectivity index (χ2v) is 6.27. The lowest BCUT2D eigenvalue weighted by atomic mass is 10.2. The quantitative estimate of drug-likeness (QED) is 0.854. The van der Waals surface area contributed by atoms with Crippen LogP contribution in [0.4, 0.5) is 11.4 Å². The molecule has 0 radical (unpaired) electrons. The SMILES string of the molecule is COc1ccc(Nc2ccc(C(=O)NC3CCCC3)nc2)cc1Cl. The molecule has 0 bridgehead atoms. The van der Waals surface area contributed by atoms with Gasteiger partial charge in [-0.3, -0.25) is 4.79 Å². The Balaban J connectivity index is 1.63. The molecule has 0 saturated heterocycles. The number of nitrogens with one attached hydrogen (secondary N) is 2. The fourth-order valence-electron chi connectivity index (χ4n) is 2.84. The summed E-state index contributed by atoms with van der Waals surface area (Å²) in [5.74, 6) is 0.514. The average Bonchev–Trinajstić information content (AvgIpc) is 3.08. The van der Waals surface area contributed by atoms with Gasteiger partial charge in [0.2, 0.25) is 0 Å². The smallest absolute Gasteiger partial charge is 0.270 e. The molecule has 1 fully saturated rings. The summed E-state index contributed by atoms with van der Waals surface area (Å²) in [6.45, 7) is 0. The largest absolute Gasteiger partial charge is 0.495 e. The predicted molar refractivity (Wildman–Crippen MR) is 95.2 cm³/mol. The summed E-state index contributed by atoms with van der Waals surface area (Å²) in [6, 6.07) is 9.28. The normalized spacial score (nSPS) is 14.4. The second-order valence-electron chi connectivity index (χ2n) is 5.86. The molecular formula is C18H20ClN3O2. The van der Waals surface area contributed by atoms with Crippen molar-refractivity contribution in [2.75, 3.05) is 12.4 Å². The number of halogens is 1. The van der Waals surface area contributed by atoms with Crippen molar-refractivity contribution in [1.29, 1.82) is 0 Å². The number of methoxy groups -OCH3 is 1. The van der Waals surface area contributed by atoms with Gasteiger partial charge >= 0.3 is 0 Å². The van der Waals surface area contributed by atoms with Crippen LogP contribution >= 0.6 is 11.6 Å². The summed E-state index contributed by atoms with van der Waals surface area (Å²) in [4.78, 5) is 16.4. The molecule has 0 unspecified atom stereocenters. The summed E-state index contributed by atoms with van der Waals surface area (Å²) < 4.78 is 5.13. The third-order valence-electron chi connectivity index (χ3n) is 4.13.